The van der Waals surface area contributed by atoms with Crippen LogP contribution < -0.4 is 4.90 Å². The second-order valence-corrected chi connectivity index (χ2v) is 4.67. The fraction of sp³-hybridized carbons (Fsp3) is 0.571. The van der Waals surface area contributed by atoms with Crippen molar-refractivity contribution in [3.05, 3.63) is 29.3 Å². The fourth-order valence-electron chi connectivity index (χ4n) is 1.80. The van der Waals surface area contributed by atoms with Gasteiger partial charge in [-0.3, -0.25) is 0 Å². The van der Waals surface area contributed by atoms with Crippen molar-refractivity contribution in [2.24, 2.45) is 0 Å². The lowest BCUT2D eigenvalue weighted by molar-refractivity contribution is 0.578. The molecule has 1 aromatic rings. The minimum atomic E-state index is 0.820. The molecule has 1 fully saturated rings. The van der Waals surface area contributed by atoms with E-state index in [1.165, 1.54) is 44.5 Å². The predicted octanol–water partition coefficient (Wildman–Crippen LogP) is 4.75. The Morgan fingerprint density at radius 1 is 1.00 bits per heavy atom. The zero-order valence-corrected chi connectivity index (χ0v) is 11.1. The van der Waals surface area contributed by atoms with E-state index >= 15 is 0 Å². The third-order valence-electron chi connectivity index (χ3n) is 2.55. The minimum Gasteiger partial charge on any atom is -0.372 e. The molecule has 0 N–H and O–H groups in total. The molecule has 0 amide bonds. The summed E-state index contributed by atoms with van der Waals surface area (Å²) < 4.78 is 0. The van der Waals surface area contributed by atoms with Crippen LogP contribution in [0.5, 0.6) is 0 Å². The van der Waals surface area contributed by atoms with Gasteiger partial charge in [-0.05, 0) is 43.5 Å². The van der Waals surface area contributed by atoms with E-state index in [0.29, 0.717) is 0 Å². The van der Waals surface area contributed by atoms with E-state index in [-0.39, 0.29) is 0 Å². The molecule has 0 atom stereocenters. The van der Waals surface area contributed by atoms with Crippen LogP contribution in [0.4, 0.5) is 5.69 Å². The molecule has 0 aromatic heterocycles. The lowest BCUT2D eigenvalue weighted by Crippen LogP contribution is -2.29. The van der Waals surface area contributed by atoms with E-state index in [1.54, 1.807) is 0 Å². The zero-order chi connectivity index (χ0) is 11.8. The van der Waals surface area contributed by atoms with Crippen LogP contribution in [-0.2, 0) is 0 Å². The van der Waals surface area contributed by atoms with Crippen LogP contribution in [0.15, 0.2) is 24.3 Å². The molecule has 0 saturated carbocycles. The smallest absolute Gasteiger partial charge is 0.0407 e. The molecule has 2 heteroatoms. The fourth-order valence-corrected chi connectivity index (χ4v) is 1.93. The van der Waals surface area contributed by atoms with Crippen LogP contribution in [0.2, 0.25) is 5.02 Å². The molecule has 1 heterocycles. The first-order valence-corrected chi connectivity index (χ1v) is 6.66. The van der Waals surface area contributed by atoms with E-state index in [1.807, 2.05) is 12.1 Å². The minimum absolute atomic E-state index is 0.820. The van der Waals surface area contributed by atoms with Crippen LogP contribution in [0.3, 0.4) is 0 Å². The first-order valence-electron chi connectivity index (χ1n) is 6.28. The normalized spacial score (nSPS) is 15.3. The van der Waals surface area contributed by atoms with Gasteiger partial charge in [0.05, 0.1) is 0 Å². The topological polar surface area (TPSA) is 3.24 Å². The number of rotatable bonds is 1. The first kappa shape index (κ1) is 13.4. The van der Waals surface area contributed by atoms with Crippen molar-refractivity contribution in [1.29, 1.82) is 0 Å². The van der Waals surface area contributed by atoms with E-state index in [4.69, 9.17) is 11.6 Å². The van der Waals surface area contributed by atoms with E-state index < -0.39 is 0 Å². The van der Waals surface area contributed by atoms with E-state index in [2.05, 4.69) is 30.9 Å². The van der Waals surface area contributed by atoms with E-state index in [9.17, 15) is 0 Å². The molecule has 2 rings (SSSR count). The highest BCUT2D eigenvalue weighted by Crippen LogP contribution is 2.21. The monoisotopic (exact) mass is 239 g/mol. The van der Waals surface area contributed by atoms with Gasteiger partial charge in [0.15, 0.2) is 0 Å². The number of anilines is 1. The van der Waals surface area contributed by atoms with Crippen LogP contribution in [-0.4, -0.2) is 13.1 Å². The second-order valence-electron chi connectivity index (χ2n) is 4.23. The molecular formula is C14H22ClN. The summed E-state index contributed by atoms with van der Waals surface area (Å²) in [5.74, 6) is 0. The van der Waals surface area contributed by atoms with Gasteiger partial charge in [0, 0.05) is 23.8 Å². The summed E-state index contributed by atoms with van der Waals surface area (Å²) in [6.45, 7) is 6.64. The molecule has 16 heavy (non-hydrogen) atoms. The Morgan fingerprint density at radius 2 is 1.50 bits per heavy atom. The average molecular weight is 240 g/mol. The van der Waals surface area contributed by atoms with Crippen LogP contribution in [0.1, 0.15) is 39.5 Å². The van der Waals surface area contributed by atoms with E-state index in [0.717, 1.165) is 5.02 Å². The number of halogens is 1. The van der Waals surface area contributed by atoms with Crippen LogP contribution in [0, 0.1) is 0 Å². The van der Waals surface area contributed by atoms with Gasteiger partial charge in [-0.1, -0.05) is 31.9 Å². The summed E-state index contributed by atoms with van der Waals surface area (Å²) in [5, 5.41) is 0.820. The lowest BCUT2D eigenvalue weighted by atomic mass is 10.1. The van der Waals surface area contributed by atoms with Crippen LogP contribution in [0.25, 0.3) is 0 Å². The maximum Gasteiger partial charge on any atom is 0.0407 e. The van der Waals surface area contributed by atoms with Crippen molar-refractivity contribution in [1.82, 2.24) is 0 Å². The maximum atomic E-state index is 5.83. The number of hydrogen-bond acceptors (Lipinski definition) is 1. The highest BCUT2D eigenvalue weighted by atomic mass is 35.5. The molecule has 0 aliphatic carbocycles. The molecular weight excluding hydrogens is 218 g/mol. The summed E-state index contributed by atoms with van der Waals surface area (Å²) in [7, 11) is 0. The summed E-state index contributed by atoms with van der Waals surface area (Å²) in [6.07, 6.45) is 5.27. The van der Waals surface area contributed by atoms with Gasteiger partial charge in [0.2, 0.25) is 0 Å². The third-order valence-corrected chi connectivity index (χ3v) is 2.80. The van der Waals surface area contributed by atoms with Gasteiger partial charge < -0.3 is 4.90 Å². The molecule has 90 valence electrons. The molecule has 0 spiro atoms. The Morgan fingerprint density at radius 3 is 2.00 bits per heavy atom. The quantitative estimate of drug-likeness (QED) is 0.684. The number of hydrogen-bond donors (Lipinski definition) is 0. The molecule has 1 aliphatic rings. The Kier molecular flexibility index (Phi) is 6.32. The SMILES string of the molecule is CCC.Clc1ccc(N2CCCCC2)cc1. The molecule has 1 aromatic carbocycles. The molecule has 0 unspecified atom stereocenters. The summed E-state index contributed by atoms with van der Waals surface area (Å²) >= 11 is 5.83. The van der Waals surface area contributed by atoms with Gasteiger partial charge in [0.25, 0.3) is 0 Å². The van der Waals surface area contributed by atoms with Crippen molar-refractivity contribution in [2.75, 3.05) is 18.0 Å². The average Bonchev–Trinajstić information content (AvgIpc) is 2.32. The standard InChI is InChI=1S/C11H14ClN.C3H8/c12-10-4-6-11(7-5-10)13-8-2-1-3-9-13;1-3-2/h4-7H,1-3,8-9H2;3H2,1-2H3. The Balaban J connectivity index is 0.000000386. The lowest BCUT2D eigenvalue weighted by Gasteiger charge is -2.28. The summed E-state index contributed by atoms with van der Waals surface area (Å²) in [4.78, 5) is 2.43. The molecule has 0 radical (unpaired) electrons. The number of piperidine rings is 1. The zero-order valence-electron chi connectivity index (χ0n) is 10.4. The maximum absolute atomic E-state index is 5.83. The summed E-state index contributed by atoms with van der Waals surface area (Å²) in [6, 6.07) is 8.14. The van der Waals surface area contributed by atoms with Crippen LogP contribution >= 0.6 is 11.6 Å². The Labute approximate surface area is 104 Å². The summed E-state index contributed by atoms with van der Waals surface area (Å²) in [5.41, 5.74) is 1.31. The predicted molar refractivity (Wildman–Crippen MR) is 73.5 cm³/mol. The van der Waals surface area contributed by atoms with Crippen molar-refractivity contribution in [3.8, 4) is 0 Å². The van der Waals surface area contributed by atoms with Crippen molar-refractivity contribution in [2.45, 2.75) is 39.5 Å². The first-order chi connectivity index (χ1) is 7.77. The van der Waals surface area contributed by atoms with Gasteiger partial charge in [-0.25, -0.2) is 0 Å². The Hall–Kier alpha value is -0.690. The molecule has 1 nitrogen and oxygen atoms in total. The molecule has 1 saturated heterocycles. The number of benzene rings is 1. The van der Waals surface area contributed by atoms with Crippen molar-refractivity contribution in [3.63, 3.8) is 0 Å². The second kappa shape index (κ2) is 7.56. The molecule has 0 bridgehead atoms. The highest BCUT2D eigenvalue weighted by molar-refractivity contribution is 6.30. The molecule has 1 aliphatic heterocycles. The van der Waals surface area contributed by atoms with Gasteiger partial charge in [-0.2, -0.15) is 0 Å². The Bertz CT molecular complexity index is 275. The van der Waals surface area contributed by atoms with Crippen molar-refractivity contribution < 1.29 is 0 Å². The van der Waals surface area contributed by atoms with Crippen molar-refractivity contribution >= 4 is 17.3 Å². The largest absolute Gasteiger partial charge is 0.372 e. The van der Waals surface area contributed by atoms with Gasteiger partial charge in [-0.15, -0.1) is 0 Å². The van der Waals surface area contributed by atoms with Gasteiger partial charge in [0.1, 0.15) is 0 Å². The number of nitrogens with zero attached hydrogens (tertiary/aromatic N) is 1. The highest BCUT2D eigenvalue weighted by Gasteiger charge is 2.09. The van der Waals surface area contributed by atoms with Gasteiger partial charge >= 0.3 is 0 Å². The third kappa shape index (κ3) is 4.44.